The molecule has 2 aromatic heterocycles. The fourth-order valence-electron chi connectivity index (χ4n) is 5.47. The fourth-order valence-corrected chi connectivity index (χ4v) is 6.30. The SMILES string of the molecule is Cc1cc(NC(=O)c2ccc(NS(=O)(=O)CCO)cc2N2CCC3(CC2)CC3)nc(N2CCn3ncnc3C2)n1. The van der Waals surface area contributed by atoms with Gasteiger partial charge in [0.1, 0.15) is 18.0 Å². The van der Waals surface area contributed by atoms with Gasteiger partial charge in [-0.2, -0.15) is 10.1 Å². The topological polar surface area (TPSA) is 158 Å². The Balaban J connectivity index is 1.25. The number of aryl methyl sites for hydroxylation is 1. The Bertz CT molecular complexity index is 1530. The fraction of sp³-hybridized carbons (Fsp3) is 0.500. The van der Waals surface area contributed by atoms with Crippen molar-refractivity contribution < 1.29 is 18.3 Å². The van der Waals surface area contributed by atoms with Crippen LogP contribution in [-0.4, -0.2) is 76.2 Å². The molecule has 2 aliphatic heterocycles. The molecule has 13 nitrogen and oxygen atoms in total. The molecule has 4 heterocycles. The summed E-state index contributed by atoms with van der Waals surface area (Å²) in [4.78, 5) is 31.3. The van der Waals surface area contributed by atoms with E-state index < -0.39 is 22.4 Å². The van der Waals surface area contributed by atoms with Gasteiger partial charge < -0.3 is 20.2 Å². The molecule has 1 saturated carbocycles. The summed E-state index contributed by atoms with van der Waals surface area (Å²) in [6, 6.07) is 6.63. The number of amides is 1. The summed E-state index contributed by atoms with van der Waals surface area (Å²) in [6.07, 6.45) is 6.13. The van der Waals surface area contributed by atoms with Gasteiger partial charge in [0.2, 0.25) is 16.0 Å². The molecule has 1 aromatic carbocycles. The van der Waals surface area contributed by atoms with Gasteiger partial charge >= 0.3 is 0 Å². The van der Waals surface area contributed by atoms with Crippen LogP contribution in [-0.2, 0) is 23.1 Å². The molecule has 212 valence electrons. The van der Waals surface area contributed by atoms with Crippen LogP contribution in [0.1, 0.15) is 47.6 Å². The first-order valence-corrected chi connectivity index (χ1v) is 15.2. The predicted molar refractivity (Wildman–Crippen MR) is 150 cm³/mol. The Kier molecular flexibility index (Phi) is 6.82. The van der Waals surface area contributed by atoms with E-state index in [9.17, 15) is 13.2 Å². The highest BCUT2D eigenvalue weighted by Gasteiger charge is 2.44. The van der Waals surface area contributed by atoms with Crippen LogP contribution < -0.4 is 19.8 Å². The number of carbonyl (C=O) groups is 1. The number of sulfonamides is 1. The maximum absolute atomic E-state index is 13.6. The van der Waals surface area contributed by atoms with Crippen molar-refractivity contribution in [3.05, 3.63) is 47.7 Å². The van der Waals surface area contributed by atoms with Crippen molar-refractivity contribution in [2.24, 2.45) is 5.41 Å². The van der Waals surface area contributed by atoms with Gasteiger partial charge in [-0.1, -0.05) is 0 Å². The lowest BCUT2D eigenvalue weighted by atomic mass is 9.93. The lowest BCUT2D eigenvalue weighted by Gasteiger charge is -2.35. The summed E-state index contributed by atoms with van der Waals surface area (Å²) < 4.78 is 29.0. The second-order valence-electron chi connectivity index (χ2n) is 10.8. The average molecular weight is 568 g/mol. The van der Waals surface area contributed by atoms with E-state index >= 15 is 0 Å². The summed E-state index contributed by atoms with van der Waals surface area (Å²) in [6.45, 7) is 4.82. The third kappa shape index (κ3) is 5.59. The molecule has 2 fully saturated rings. The van der Waals surface area contributed by atoms with Crippen LogP contribution in [0, 0.1) is 12.3 Å². The molecule has 0 radical (unpaired) electrons. The monoisotopic (exact) mass is 567 g/mol. The number of fused-ring (bicyclic) bond motifs is 1. The minimum atomic E-state index is -3.71. The zero-order chi connectivity index (χ0) is 27.9. The van der Waals surface area contributed by atoms with Crippen molar-refractivity contribution in [2.45, 2.75) is 45.7 Å². The van der Waals surface area contributed by atoms with Crippen LogP contribution in [0.4, 0.5) is 23.1 Å². The number of aromatic nitrogens is 5. The van der Waals surface area contributed by atoms with Crippen LogP contribution in [0.25, 0.3) is 0 Å². The van der Waals surface area contributed by atoms with E-state index in [1.807, 2.05) is 16.5 Å². The van der Waals surface area contributed by atoms with Crippen LogP contribution in [0.5, 0.6) is 0 Å². The maximum atomic E-state index is 13.6. The molecular formula is C26H33N9O4S. The smallest absolute Gasteiger partial charge is 0.258 e. The zero-order valence-electron chi connectivity index (χ0n) is 22.4. The first kappa shape index (κ1) is 26.4. The predicted octanol–water partition coefficient (Wildman–Crippen LogP) is 1.76. The van der Waals surface area contributed by atoms with Crippen molar-refractivity contribution in [3.8, 4) is 0 Å². The molecule has 1 saturated heterocycles. The minimum Gasteiger partial charge on any atom is -0.395 e. The first-order valence-electron chi connectivity index (χ1n) is 13.5. The molecule has 3 aliphatic rings. The summed E-state index contributed by atoms with van der Waals surface area (Å²) in [5.74, 6) is 0.976. The number of anilines is 4. The number of nitrogens with one attached hydrogen (secondary N) is 2. The molecule has 0 unspecified atom stereocenters. The van der Waals surface area contributed by atoms with E-state index in [0.717, 1.165) is 31.8 Å². The average Bonchev–Trinajstić information content (AvgIpc) is 3.49. The lowest BCUT2D eigenvalue weighted by Crippen LogP contribution is -2.36. The number of benzene rings is 1. The zero-order valence-corrected chi connectivity index (χ0v) is 23.2. The van der Waals surface area contributed by atoms with Crippen molar-refractivity contribution in [3.63, 3.8) is 0 Å². The highest BCUT2D eigenvalue weighted by atomic mass is 32.2. The van der Waals surface area contributed by atoms with E-state index in [4.69, 9.17) is 5.11 Å². The third-order valence-electron chi connectivity index (χ3n) is 7.97. The van der Waals surface area contributed by atoms with E-state index in [-0.39, 0.29) is 5.91 Å². The maximum Gasteiger partial charge on any atom is 0.258 e. The highest BCUT2D eigenvalue weighted by Crippen LogP contribution is 2.54. The quantitative estimate of drug-likeness (QED) is 0.366. The molecular weight excluding hydrogens is 534 g/mol. The van der Waals surface area contributed by atoms with Gasteiger partial charge in [-0.25, -0.2) is 23.1 Å². The molecule has 3 aromatic rings. The number of hydrogen-bond acceptors (Lipinski definition) is 10. The van der Waals surface area contributed by atoms with Gasteiger partial charge in [-0.15, -0.1) is 0 Å². The van der Waals surface area contributed by atoms with Crippen LogP contribution in [0.15, 0.2) is 30.6 Å². The van der Waals surface area contributed by atoms with E-state index in [1.54, 1.807) is 24.3 Å². The molecule has 1 amide bonds. The Hall–Kier alpha value is -3.78. The minimum absolute atomic E-state index is 0.339. The van der Waals surface area contributed by atoms with Crippen molar-refractivity contribution in [1.29, 1.82) is 0 Å². The summed E-state index contributed by atoms with van der Waals surface area (Å²) in [7, 11) is -3.71. The normalized spacial score (nSPS) is 17.9. The van der Waals surface area contributed by atoms with Crippen LogP contribution in [0.2, 0.25) is 0 Å². The number of nitrogens with zero attached hydrogens (tertiary/aromatic N) is 7. The molecule has 40 heavy (non-hydrogen) atoms. The summed E-state index contributed by atoms with van der Waals surface area (Å²) >= 11 is 0. The molecule has 6 rings (SSSR count). The Morgan fingerprint density at radius 3 is 2.60 bits per heavy atom. The number of aliphatic hydroxyl groups excluding tert-OH is 1. The second kappa shape index (κ2) is 10.3. The molecule has 1 spiro atoms. The number of carbonyl (C=O) groups excluding carboxylic acids is 1. The second-order valence-corrected chi connectivity index (χ2v) is 12.7. The summed E-state index contributed by atoms with van der Waals surface area (Å²) in [5.41, 5.74) is 2.60. The van der Waals surface area contributed by atoms with Crippen molar-refractivity contribution in [1.82, 2.24) is 24.7 Å². The Morgan fingerprint density at radius 2 is 1.85 bits per heavy atom. The number of aliphatic hydroxyl groups is 1. The van der Waals surface area contributed by atoms with E-state index in [2.05, 4.69) is 35.0 Å². The molecule has 0 bridgehead atoms. The molecule has 3 N–H and O–H groups in total. The summed E-state index contributed by atoms with van der Waals surface area (Å²) in [5, 5.41) is 16.3. The standard InChI is InChI=1S/C26H33N9O4S/c1-18-14-22(31-25(29-18)34-10-11-35-23(16-34)27-17-28-35)30-24(37)20-3-2-19(32-40(38,39)13-12-36)15-21(20)33-8-6-26(4-5-26)7-9-33/h2-3,14-15,17,32,36H,4-13,16H2,1H3,(H,29,30,31,37). The number of hydrogen-bond donors (Lipinski definition) is 3. The van der Waals surface area contributed by atoms with Crippen molar-refractivity contribution >= 4 is 39.1 Å². The largest absolute Gasteiger partial charge is 0.395 e. The van der Waals surface area contributed by atoms with Gasteiger partial charge in [-0.05, 0) is 56.2 Å². The lowest BCUT2D eigenvalue weighted by molar-refractivity contribution is 0.102. The van der Waals surface area contributed by atoms with Crippen LogP contribution in [0.3, 0.4) is 0 Å². The molecule has 14 heteroatoms. The number of piperidine rings is 1. The number of rotatable bonds is 8. The van der Waals surface area contributed by atoms with E-state index in [1.165, 1.54) is 19.2 Å². The molecule has 1 aliphatic carbocycles. The Morgan fingerprint density at radius 1 is 1.05 bits per heavy atom. The third-order valence-corrected chi connectivity index (χ3v) is 9.24. The molecule has 0 atom stereocenters. The van der Waals surface area contributed by atoms with Gasteiger partial charge in [0.05, 0.1) is 42.4 Å². The van der Waals surface area contributed by atoms with Crippen LogP contribution >= 0.6 is 0 Å². The highest BCUT2D eigenvalue weighted by molar-refractivity contribution is 7.92. The van der Waals surface area contributed by atoms with E-state index in [0.29, 0.717) is 59.4 Å². The first-order chi connectivity index (χ1) is 19.2. The van der Waals surface area contributed by atoms with Gasteiger partial charge in [0, 0.05) is 31.4 Å². The van der Waals surface area contributed by atoms with Gasteiger partial charge in [-0.3, -0.25) is 9.52 Å². The van der Waals surface area contributed by atoms with Gasteiger partial charge in [0.25, 0.3) is 5.91 Å². The van der Waals surface area contributed by atoms with Crippen molar-refractivity contribution in [2.75, 3.05) is 51.8 Å². The van der Waals surface area contributed by atoms with Gasteiger partial charge in [0.15, 0.2) is 0 Å². The Labute approximate surface area is 232 Å².